The molecule has 1 aliphatic heterocycles. The third kappa shape index (κ3) is 1.80. The minimum absolute atomic E-state index is 0.0435. The molecule has 0 aliphatic carbocycles. The lowest BCUT2D eigenvalue weighted by molar-refractivity contribution is 0.0923. The Kier molecular flexibility index (Phi) is 2.84. The number of carbonyl (C=O) groups is 3. The predicted molar refractivity (Wildman–Crippen MR) is 81.4 cm³/mol. The molecular formula is C15H12N4O3. The van der Waals surface area contributed by atoms with Gasteiger partial charge in [0.05, 0.1) is 22.4 Å². The molecule has 0 radical (unpaired) electrons. The molecule has 110 valence electrons. The zero-order chi connectivity index (χ0) is 16.0. The minimum Gasteiger partial charge on any atom is -0.398 e. The summed E-state index contributed by atoms with van der Waals surface area (Å²) in [5.41, 5.74) is 17.7. The second kappa shape index (κ2) is 4.59. The summed E-state index contributed by atoms with van der Waals surface area (Å²) in [4.78, 5) is 37.2. The smallest absolute Gasteiger partial charge is 0.268 e. The van der Waals surface area contributed by atoms with Crippen LogP contribution in [0.4, 0.5) is 17.1 Å². The van der Waals surface area contributed by atoms with Gasteiger partial charge in [-0.1, -0.05) is 6.07 Å². The van der Waals surface area contributed by atoms with Crippen molar-refractivity contribution in [3.05, 3.63) is 53.1 Å². The molecule has 2 aromatic carbocycles. The number of hydrogen-bond donors (Lipinski definition) is 3. The summed E-state index contributed by atoms with van der Waals surface area (Å²) in [5, 5.41) is 0. The van der Waals surface area contributed by atoms with E-state index in [0.29, 0.717) is 0 Å². The van der Waals surface area contributed by atoms with Crippen molar-refractivity contribution in [3.8, 4) is 0 Å². The van der Waals surface area contributed by atoms with Gasteiger partial charge in [-0.05, 0) is 30.3 Å². The zero-order valence-electron chi connectivity index (χ0n) is 11.4. The fraction of sp³-hybridized carbons (Fsp3) is 0. The Balaban J connectivity index is 2.14. The highest BCUT2D eigenvalue weighted by Crippen LogP contribution is 2.32. The Morgan fingerprint density at radius 1 is 0.955 bits per heavy atom. The maximum Gasteiger partial charge on any atom is 0.268 e. The number of nitrogens with zero attached hydrogens (tertiary/aromatic N) is 1. The first-order valence-corrected chi connectivity index (χ1v) is 6.38. The van der Waals surface area contributed by atoms with Crippen LogP contribution in [0.1, 0.15) is 31.1 Å². The molecule has 7 heteroatoms. The van der Waals surface area contributed by atoms with E-state index in [1.54, 1.807) is 12.1 Å². The largest absolute Gasteiger partial charge is 0.398 e. The van der Waals surface area contributed by atoms with Gasteiger partial charge >= 0.3 is 0 Å². The van der Waals surface area contributed by atoms with Gasteiger partial charge in [0, 0.05) is 11.4 Å². The number of benzene rings is 2. The van der Waals surface area contributed by atoms with Crippen molar-refractivity contribution in [1.29, 1.82) is 0 Å². The standard InChI is InChI=1S/C15H12N4O3/c16-10-5-4-7(6-9(10)13(18)20)19-14(21)8-2-1-3-11(17)12(8)15(19)22/h1-6H,16-17H2,(H2,18,20). The first-order chi connectivity index (χ1) is 10.4. The molecule has 0 bridgehead atoms. The third-order valence-corrected chi connectivity index (χ3v) is 3.51. The van der Waals surface area contributed by atoms with Crippen LogP contribution in [0.3, 0.4) is 0 Å². The van der Waals surface area contributed by atoms with Gasteiger partial charge in [-0.2, -0.15) is 0 Å². The molecule has 6 N–H and O–H groups in total. The minimum atomic E-state index is -0.740. The van der Waals surface area contributed by atoms with Crippen LogP contribution in [0, 0.1) is 0 Å². The SMILES string of the molecule is NC(=O)c1cc(N2C(=O)c3cccc(N)c3C2=O)ccc1N. The molecule has 0 spiro atoms. The van der Waals surface area contributed by atoms with Crippen LogP contribution in [0.2, 0.25) is 0 Å². The summed E-state index contributed by atoms with van der Waals surface area (Å²) in [6, 6.07) is 8.88. The van der Waals surface area contributed by atoms with E-state index in [1.807, 2.05) is 0 Å². The van der Waals surface area contributed by atoms with Crippen molar-refractivity contribution >= 4 is 34.8 Å². The van der Waals surface area contributed by atoms with Crippen LogP contribution in [-0.4, -0.2) is 17.7 Å². The number of amides is 3. The van der Waals surface area contributed by atoms with Gasteiger partial charge in [-0.3, -0.25) is 14.4 Å². The highest BCUT2D eigenvalue weighted by atomic mass is 16.2. The van der Waals surface area contributed by atoms with E-state index in [4.69, 9.17) is 17.2 Å². The number of hydrogen-bond acceptors (Lipinski definition) is 5. The highest BCUT2D eigenvalue weighted by molar-refractivity contribution is 6.36. The highest BCUT2D eigenvalue weighted by Gasteiger charge is 2.38. The van der Waals surface area contributed by atoms with Crippen LogP contribution < -0.4 is 22.1 Å². The average Bonchev–Trinajstić information content (AvgIpc) is 2.73. The van der Waals surface area contributed by atoms with E-state index < -0.39 is 17.7 Å². The Bertz CT molecular complexity index is 845. The molecule has 2 aromatic rings. The molecular weight excluding hydrogens is 284 g/mol. The number of anilines is 3. The number of rotatable bonds is 2. The van der Waals surface area contributed by atoms with Gasteiger partial charge in [0.25, 0.3) is 17.7 Å². The molecule has 22 heavy (non-hydrogen) atoms. The molecule has 1 aliphatic rings. The van der Waals surface area contributed by atoms with Gasteiger partial charge in [0.1, 0.15) is 0 Å². The Labute approximate surface area is 125 Å². The normalized spacial score (nSPS) is 13.4. The van der Waals surface area contributed by atoms with E-state index in [0.717, 1.165) is 4.90 Å². The molecule has 0 atom stereocenters. The Morgan fingerprint density at radius 2 is 1.68 bits per heavy atom. The summed E-state index contributed by atoms with van der Waals surface area (Å²) >= 11 is 0. The molecule has 0 unspecified atom stereocenters. The first kappa shape index (κ1) is 13.6. The van der Waals surface area contributed by atoms with Crippen molar-refractivity contribution in [2.45, 2.75) is 0 Å². The summed E-state index contributed by atoms with van der Waals surface area (Å²) in [7, 11) is 0. The second-order valence-electron chi connectivity index (χ2n) is 4.85. The van der Waals surface area contributed by atoms with Crippen molar-refractivity contribution in [2.75, 3.05) is 16.4 Å². The van der Waals surface area contributed by atoms with E-state index in [2.05, 4.69) is 0 Å². The van der Waals surface area contributed by atoms with E-state index in [1.165, 1.54) is 24.3 Å². The van der Waals surface area contributed by atoms with Gasteiger partial charge in [-0.25, -0.2) is 4.90 Å². The first-order valence-electron chi connectivity index (χ1n) is 6.38. The number of imide groups is 1. The van der Waals surface area contributed by atoms with E-state index in [9.17, 15) is 14.4 Å². The lowest BCUT2D eigenvalue weighted by Gasteiger charge is -2.15. The lowest BCUT2D eigenvalue weighted by atomic mass is 10.1. The Hall–Kier alpha value is -3.35. The summed E-state index contributed by atoms with van der Waals surface area (Å²) in [5.74, 6) is -1.79. The van der Waals surface area contributed by atoms with Gasteiger partial charge in [-0.15, -0.1) is 0 Å². The molecule has 3 amide bonds. The van der Waals surface area contributed by atoms with Gasteiger partial charge in [0.2, 0.25) is 0 Å². The monoisotopic (exact) mass is 296 g/mol. The van der Waals surface area contributed by atoms with Crippen LogP contribution >= 0.6 is 0 Å². The van der Waals surface area contributed by atoms with Crippen LogP contribution in [0.15, 0.2) is 36.4 Å². The molecule has 7 nitrogen and oxygen atoms in total. The number of carbonyl (C=O) groups excluding carboxylic acids is 3. The molecule has 3 rings (SSSR count). The lowest BCUT2D eigenvalue weighted by Crippen LogP contribution is -2.30. The predicted octanol–water partition coefficient (Wildman–Crippen LogP) is 0.751. The van der Waals surface area contributed by atoms with Crippen LogP contribution in [0.5, 0.6) is 0 Å². The third-order valence-electron chi connectivity index (χ3n) is 3.51. The fourth-order valence-electron chi connectivity index (χ4n) is 2.44. The summed E-state index contributed by atoms with van der Waals surface area (Å²) < 4.78 is 0. The molecule has 1 heterocycles. The maximum atomic E-state index is 12.5. The van der Waals surface area contributed by atoms with E-state index >= 15 is 0 Å². The second-order valence-corrected chi connectivity index (χ2v) is 4.85. The van der Waals surface area contributed by atoms with Gasteiger partial charge < -0.3 is 17.2 Å². The van der Waals surface area contributed by atoms with E-state index in [-0.39, 0.29) is 33.8 Å². The molecule has 0 fully saturated rings. The molecule has 0 saturated carbocycles. The Morgan fingerprint density at radius 3 is 2.32 bits per heavy atom. The zero-order valence-corrected chi connectivity index (χ0v) is 11.4. The number of nitrogen functional groups attached to an aromatic ring is 2. The quantitative estimate of drug-likeness (QED) is 0.555. The fourth-order valence-corrected chi connectivity index (χ4v) is 2.44. The van der Waals surface area contributed by atoms with Crippen molar-refractivity contribution in [1.82, 2.24) is 0 Å². The van der Waals surface area contributed by atoms with Crippen molar-refractivity contribution in [3.63, 3.8) is 0 Å². The average molecular weight is 296 g/mol. The summed E-state index contributed by atoms with van der Waals surface area (Å²) in [6.45, 7) is 0. The number of nitrogens with two attached hydrogens (primary N) is 3. The van der Waals surface area contributed by atoms with Crippen molar-refractivity contribution in [2.24, 2.45) is 5.73 Å². The van der Waals surface area contributed by atoms with Crippen molar-refractivity contribution < 1.29 is 14.4 Å². The summed E-state index contributed by atoms with van der Waals surface area (Å²) in [6.07, 6.45) is 0. The van der Waals surface area contributed by atoms with Crippen LogP contribution in [0.25, 0.3) is 0 Å². The number of primary amides is 1. The number of fused-ring (bicyclic) bond motifs is 1. The van der Waals surface area contributed by atoms with Gasteiger partial charge in [0.15, 0.2) is 0 Å². The topological polar surface area (TPSA) is 133 Å². The molecule has 0 aromatic heterocycles. The molecule has 0 saturated heterocycles. The maximum absolute atomic E-state index is 12.5. The van der Waals surface area contributed by atoms with Crippen LogP contribution in [-0.2, 0) is 0 Å².